The predicted molar refractivity (Wildman–Crippen MR) is 110 cm³/mol. The van der Waals surface area contributed by atoms with Crippen LogP contribution in [-0.4, -0.2) is 43.8 Å². The molecule has 1 saturated heterocycles. The average molecular weight is 414 g/mol. The summed E-state index contributed by atoms with van der Waals surface area (Å²) in [4.78, 5) is 37.1. The molecule has 0 aliphatic carbocycles. The molecule has 1 heterocycles. The molecule has 0 spiro atoms. The van der Waals surface area contributed by atoms with E-state index in [-0.39, 0.29) is 22.2 Å². The smallest absolute Gasteiger partial charge is 0.335 e. The molecule has 0 atom stereocenters. The molecular formula is C19H14N2O5S2. The Morgan fingerprint density at radius 1 is 1.14 bits per heavy atom. The Labute approximate surface area is 169 Å². The van der Waals surface area contributed by atoms with Gasteiger partial charge in [0.1, 0.15) is 16.6 Å². The number of hydrogen-bond acceptors (Lipinski definition) is 6. The molecule has 2 aromatic rings. The van der Waals surface area contributed by atoms with Gasteiger partial charge in [-0.15, -0.1) is 0 Å². The SMILES string of the molecule is O=C(CN1C(=O)/C(=C/c2ccccc2O)SC1=S)Nc1ccc(C(=O)O)cc1. The number of anilines is 1. The number of aromatic hydroxyl groups is 1. The number of thioether (sulfide) groups is 1. The average Bonchev–Trinajstić information content (AvgIpc) is 2.91. The number of carbonyl (C=O) groups excluding carboxylic acids is 2. The standard InChI is InChI=1S/C19H14N2O5S2/c22-14-4-2-1-3-12(14)9-15-17(24)21(19(27)28-15)10-16(23)20-13-7-5-11(6-8-13)18(25)26/h1-9,22H,10H2,(H,20,23)(H,25,26)/b15-9-. The lowest BCUT2D eigenvalue weighted by molar-refractivity contribution is -0.126. The van der Waals surface area contributed by atoms with Crippen molar-refractivity contribution in [1.82, 2.24) is 4.90 Å². The number of aromatic carboxylic acids is 1. The van der Waals surface area contributed by atoms with Gasteiger partial charge in [-0.2, -0.15) is 0 Å². The van der Waals surface area contributed by atoms with E-state index in [1.165, 1.54) is 41.3 Å². The molecule has 1 fully saturated rings. The molecule has 2 aromatic carbocycles. The Morgan fingerprint density at radius 2 is 1.82 bits per heavy atom. The topological polar surface area (TPSA) is 107 Å². The van der Waals surface area contributed by atoms with Crippen LogP contribution in [0.15, 0.2) is 53.4 Å². The normalized spacial score (nSPS) is 15.1. The molecule has 0 aromatic heterocycles. The van der Waals surface area contributed by atoms with E-state index in [4.69, 9.17) is 17.3 Å². The predicted octanol–water partition coefficient (Wildman–Crippen LogP) is 2.93. The fourth-order valence-corrected chi connectivity index (χ4v) is 3.67. The van der Waals surface area contributed by atoms with Gasteiger partial charge < -0.3 is 15.5 Å². The van der Waals surface area contributed by atoms with Crippen molar-refractivity contribution in [1.29, 1.82) is 0 Å². The zero-order valence-electron chi connectivity index (χ0n) is 14.3. The summed E-state index contributed by atoms with van der Waals surface area (Å²) in [6, 6.07) is 12.2. The van der Waals surface area contributed by atoms with E-state index in [9.17, 15) is 19.5 Å². The highest BCUT2D eigenvalue weighted by molar-refractivity contribution is 8.26. The van der Waals surface area contributed by atoms with Crippen molar-refractivity contribution in [2.45, 2.75) is 0 Å². The lowest BCUT2D eigenvalue weighted by atomic mass is 10.2. The third-order valence-electron chi connectivity index (χ3n) is 3.81. The van der Waals surface area contributed by atoms with Gasteiger partial charge in [-0.25, -0.2) is 4.79 Å². The first kappa shape index (κ1) is 19.6. The number of hydrogen-bond donors (Lipinski definition) is 3. The quantitative estimate of drug-likeness (QED) is 0.510. The van der Waals surface area contributed by atoms with E-state index in [1.54, 1.807) is 18.2 Å². The third kappa shape index (κ3) is 4.38. The monoisotopic (exact) mass is 414 g/mol. The van der Waals surface area contributed by atoms with Crippen molar-refractivity contribution >= 4 is 57.8 Å². The second kappa shape index (κ2) is 8.24. The number of benzene rings is 2. The van der Waals surface area contributed by atoms with Gasteiger partial charge in [0.15, 0.2) is 0 Å². The van der Waals surface area contributed by atoms with E-state index in [0.717, 1.165) is 11.8 Å². The number of nitrogens with one attached hydrogen (secondary N) is 1. The maximum absolute atomic E-state index is 12.6. The van der Waals surface area contributed by atoms with Gasteiger partial charge in [0.2, 0.25) is 5.91 Å². The molecule has 1 aliphatic rings. The number of phenols is 1. The van der Waals surface area contributed by atoms with Gasteiger partial charge >= 0.3 is 5.97 Å². The minimum atomic E-state index is -1.06. The maximum Gasteiger partial charge on any atom is 0.335 e. The molecule has 2 amide bonds. The summed E-state index contributed by atoms with van der Waals surface area (Å²) in [5, 5.41) is 21.3. The molecule has 0 radical (unpaired) electrons. The molecule has 0 unspecified atom stereocenters. The molecule has 7 nitrogen and oxygen atoms in total. The maximum atomic E-state index is 12.6. The molecule has 0 saturated carbocycles. The van der Waals surface area contributed by atoms with Crippen molar-refractivity contribution in [3.63, 3.8) is 0 Å². The number of thiocarbonyl (C=S) groups is 1. The van der Waals surface area contributed by atoms with Crippen LogP contribution in [0.5, 0.6) is 5.75 Å². The lowest BCUT2D eigenvalue weighted by Crippen LogP contribution is -2.36. The fraction of sp³-hybridized carbons (Fsp3) is 0.0526. The third-order valence-corrected chi connectivity index (χ3v) is 5.19. The van der Waals surface area contributed by atoms with Crippen LogP contribution in [0.25, 0.3) is 6.08 Å². The summed E-state index contributed by atoms with van der Waals surface area (Å²) in [5.74, 6) is -1.92. The van der Waals surface area contributed by atoms with Crippen LogP contribution in [-0.2, 0) is 9.59 Å². The van der Waals surface area contributed by atoms with Crippen LogP contribution >= 0.6 is 24.0 Å². The first-order valence-electron chi connectivity index (χ1n) is 8.02. The fourth-order valence-electron chi connectivity index (χ4n) is 2.43. The van der Waals surface area contributed by atoms with Crippen molar-refractivity contribution in [3.8, 4) is 5.75 Å². The van der Waals surface area contributed by atoms with Gasteiger partial charge in [0.25, 0.3) is 5.91 Å². The minimum Gasteiger partial charge on any atom is -0.507 e. The van der Waals surface area contributed by atoms with Crippen molar-refractivity contribution < 1.29 is 24.6 Å². The van der Waals surface area contributed by atoms with Crippen LogP contribution in [0.2, 0.25) is 0 Å². The Hall–Kier alpha value is -3.17. The number of carbonyl (C=O) groups is 3. The van der Waals surface area contributed by atoms with Crippen LogP contribution < -0.4 is 5.32 Å². The number of para-hydroxylation sites is 1. The Bertz CT molecular complexity index is 1000. The molecule has 1 aliphatic heterocycles. The van der Waals surface area contributed by atoms with Gasteiger partial charge in [-0.3, -0.25) is 14.5 Å². The van der Waals surface area contributed by atoms with E-state index in [2.05, 4.69) is 5.32 Å². The largest absolute Gasteiger partial charge is 0.507 e. The first-order valence-corrected chi connectivity index (χ1v) is 9.24. The number of rotatable bonds is 5. The van der Waals surface area contributed by atoms with Crippen molar-refractivity contribution in [2.75, 3.05) is 11.9 Å². The van der Waals surface area contributed by atoms with Gasteiger partial charge in [0.05, 0.1) is 10.5 Å². The summed E-state index contributed by atoms with van der Waals surface area (Å²) in [6.07, 6.45) is 1.52. The Kier molecular flexibility index (Phi) is 5.76. The van der Waals surface area contributed by atoms with E-state index >= 15 is 0 Å². The Balaban J connectivity index is 1.68. The Morgan fingerprint density at radius 3 is 2.46 bits per heavy atom. The highest BCUT2D eigenvalue weighted by Crippen LogP contribution is 2.33. The highest BCUT2D eigenvalue weighted by atomic mass is 32.2. The van der Waals surface area contributed by atoms with Crippen LogP contribution in [0.4, 0.5) is 5.69 Å². The van der Waals surface area contributed by atoms with Crippen molar-refractivity contribution in [2.24, 2.45) is 0 Å². The number of carboxylic acid groups (broad SMARTS) is 1. The number of phenolic OH excluding ortho intramolecular Hbond substituents is 1. The molecule has 9 heteroatoms. The molecule has 142 valence electrons. The lowest BCUT2D eigenvalue weighted by Gasteiger charge is -2.14. The number of nitrogens with zero attached hydrogens (tertiary/aromatic N) is 1. The van der Waals surface area contributed by atoms with Crippen LogP contribution in [0, 0.1) is 0 Å². The second-order valence-corrected chi connectivity index (χ2v) is 7.43. The minimum absolute atomic E-state index is 0.0373. The number of amides is 2. The summed E-state index contributed by atoms with van der Waals surface area (Å²) < 4.78 is 0.239. The zero-order chi connectivity index (χ0) is 20.3. The van der Waals surface area contributed by atoms with Gasteiger partial charge in [-0.05, 0) is 36.4 Å². The molecule has 3 rings (SSSR count). The molecular weight excluding hydrogens is 400 g/mol. The molecule has 0 bridgehead atoms. The summed E-state index contributed by atoms with van der Waals surface area (Å²) >= 11 is 6.24. The van der Waals surface area contributed by atoms with Crippen LogP contribution in [0.1, 0.15) is 15.9 Å². The summed E-state index contributed by atoms with van der Waals surface area (Å²) in [7, 11) is 0. The van der Waals surface area contributed by atoms with Crippen molar-refractivity contribution in [3.05, 3.63) is 64.6 Å². The summed E-state index contributed by atoms with van der Waals surface area (Å²) in [5.41, 5.74) is 0.986. The van der Waals surface area contributed by atoms with E-state index in [0.29, 0.717) is 16.2 Å². The molecule has 3 N–H and O–H groups in total. The summed E-state index contributed by atoms with van der Waals surface area (Å²) in [6.45, 7) is -0.274. The molecule has 28 heavy (non-hydrogen) atoms. The van der Waals surface area contributed by atoms with Crippen LogP contribution in [0.3, 0.4) is 0 Å². The zero-order valence-corrected chi connectivity index (χ0v) is 15.9. The highest BCUT2D eigenvalue weighted by Gasteiger charge is 2.33. The first-order chi connectivity index (χ1) is 13.3. The van der Waals surface area contributed by atoms with Gasteiger partial charge in [-0.1, -0.05) is 42.2 Å². The second-order valence-electron chi connectivity index (χ2n) is 5.76. The van der Waals surface area contributed by atoms with E-state index < -0.39 is 17.8 Å². The number of carboxylic acids is 1. The van der Waals surface area contributed by atoms with E-state index in [1.807, 2.05) is 0 Å². The van der Waals surface area contributed by atoms with Gasteiger partial charge in [0, 0.05) is 11.3 Å².